The van der Waals surface area contributed by atoms with Crippen molar-refractivity contribution in [2.24, 2.45) is 0 Å². The van der Waals surface area contributed by atoms with E-state index in [1.807, 2.05) is 36.6 Å². The molecule has 152 valence electrons. The zero-order valence-corrected chi connectivity index (χ0v) is 16.7. The van der Waals surface area contributed by atoms with Crippen LogP contribution >= 0.6 is 0 Å². The Morgan fingerprint density at radius 2 is 1.96 bits per heavy atom. The molecule has 0 radical (unpaired) electrons. The molecule has 0 bridgehead atoms. The molecule has 2 N–H and O–H groups in total. The average molecular weight is 387 g/mol. The molecule has 0 atom stereocenters. The highest BCUT2D eigenvalue weighted by molar-refractivity contribution is 5.94. The molecule has 0 aliphatic carbocycles. The highest BCUT2D eigenvalue weighted by atomic mass is 16.5. The van der Waals surface area contributed by atoms with E-state index < -0.39 is 0 Å². The molecule has 0 saturated carbocycles. The van der Waals surface area contributed by atoms with Gasteiger partial charge in [-0.1, -0.05) is 6.07 Å². The smallest absolute Gasteiger partial charge is 0.270 e. The summed E-state index contributed by atoms with van der Waals surface area (Å²) in [5.74, 6) is -0.146. The predicted octanol–water partition coefficient (Wildman–Crippen LogP) is 0.910. The van der Waals surface area contributed by atoms with Crippen molar-refractivity contribution >= 4 is 17.5 Å². The van der Waals surface area contributed by atoms with Crippen molar-refractivity contribution in [1.82, 2.24) is 24.9 Å². The minimum Gasteiger partial charge on any atom is -0.379 e. The van der Waals surface area contributed by atoms with Crippen LogP contribution in [0, 0.1) is 13.8 Å². The molecule has 3 rings (SSSR count). The molecule has 0 aromatic carbocycles. The maximum atomic E-state index is 12.6. The summed E-state index contributed by atoms with van der Waals surface area (Å²) in [6, 6.07) is 3.88. The molecule has 8 nitrogen and oxygen atoms in total. The summed E-state index contributed by atoms with van der Waals surface area (Å²) in [7, 11) is 0. The number of hydrogen-bond acceptors (Lipinski definition) is 5. The van der Waals surface area contributed by atoms with Gasteiger partial charge in [-0.3, -0.25) is 18.9 Å². The van der Waals surface area contributed by atoms with Crippen molar-refractivity contribution < 1.29 is 14.3 Å². The second-order valence-corrected chi connectivity index (χ2v) is 7.09. The van der Waals surface area contributed by atoms with Crippen molar-refractivity contribution in [2.45, 2.75) is 26.7 Å². The molecule has 3 heterocycles. The minimum absolute atomic E-state index is 0.0177. The van der Waals surface area contributed by atoms with E-state index in [0.29, 0.717) is 37.3 Å². The molecule has 1 aliphatic rings. The zero-order chi connectivity index (χ0) is 19.9. The van der Waals surface area contributed by atoms with Crippen LogP contribution < -0.4 is 10.6 Å². The summed E-state index contributed by atoms with van der Waals surface area (Å²) in [6.45, 7) is 9.12. The molecule has 1 aliphatic heterocycles. The van der Waals surface area contributed by atoms with E-state index in [-0.39, 0.29) is 11.8 Å². The van der Waals surface area contributed by atoms with Crippen LogP contribution in [0.3, 0.4) is 0 Å². The quantitative estimate of drug-likeness (QED) is 0.658. The third-order valence-electron chi connectivity index (χ3n) is 4.95. The van der Waals surface area contributed by atoms with Gasteiger partial charge < -0.3 is 15.4 Å². The third kappa shape index (κ3) is 5.08. The number of ether oxygens (including phenoxy) is 1. The SMILES string of the molecule is Cc1nc2c(C)cccn2c1C(=O)NCCCC(=O)NCCN1CCOCC1. The number of imidazole rings is 1. The number of aromatic nitrogens is 2. The topological polar surface area (TPSA) is 88.0 Å². The van der Waals surface area contributed by atoms with Gasteiger partial charge in [0.1, 0.15) is 11.3 Å². The van der Waals surface area contributed by atoms with Crippen molar-refractivity contribution in [3.63, 3.8) is 0 Å². The standard InChI is InChI=1S/C20H29N5O3/c1-15-5-4-9-25-18(16(2)23-19(15)25)20(27)22-7-3-6-17(26)21-8-10-24-11-13-28-14-12-24/h4-5,9H,3,6-8,10-14H2,1-2H3,(H,21,26)(H,22,27). The molecule has 2 aromatic heterocycles. The number of carbonyl (C=O) groups excluding carboxylic acids is 2. The van der Waals surface area contributed by atoms with Gasteiger partial charge in [-0.2, -0.15) is 0 Å². The molecule has 0 spiro atoms. The van der Waals surface area contributed by atoms with E-state index in [9.17, 15) is 9.59 Å². The third-order valence-corrected chi connectivity index (χ3v) is 4.95. The van der Waals surface area contributed by atoms with Crippen LogP contribution in [0.5, 0.6) is 0 Å². The average Bonchev–Trinajstić information content (AvgIpc) is 3.03. The van der Waals surface area contributed by atoms with Gasteiger partial charge in [-0.15, -0.1) is 0 Å². The second kappa shape index (κ2) is 9.66. The lowest BCUT2D eigenvalue weighted by Gasteiger charge is -2.26. The van der Waals surface area contributed by atoms with Crippen LogP contribution in [0.25, 0.3) is 5.65 Å². The number of morpholine rings is 1. The van der Waals surface area contributed by atoms with Crippen LogP contribution in [0.15, 0.2) is 18.3 Å². The Hall–Kier alpha value is -2.45. The monoisotopic (exact) mass is 387 g/mol. The second-order valence-electron chi connectivity index (χ2n) is 7.09. The Balaban J connectivity index is 1.38. The maximum absolute atomic E-state index is 12.6. The largest absolute Gasteiger partial charge is 0.379 e. The minimum atomic E-state index is -0.164. The lowest BCUT2D eigenvalue weighted by atomic mass is 10.2. The number of amides is 2. The van der Waals surface area contributed by atoms with E-state index in [1.165, 1.54) is 0 Å². The summed E-state index contributed by atoms with van der Waals surface area (Å²) in [5.41, 5.74) is 3.07. The number of nitrogens with zero attached hydrogens (tertiary/aromatic N) is 3. The van der Waals surface area contributed by atoms with Crippen LogP contribution in [-0.4, -0.2) is 72.0 Å². The number of rotatable bonds is 8. The summed E-state index contributed by atoms with van der Waals surface area (Å²) in [5, 5.41) is 5.84. The van der Waals surface area contributed by atoms with E-state index in [4.69, 9.17) is 4.74 Å². The molecule has 28 heavy (non-hydrogen) atoms. The summed E-state index contributed by atoms with van der Waals surface area (Å²) in [4.78, 5) is 31.3. The first kappa shape index (κ1) is 20.3. The van der Waals surface area contributed by atoms with E-state index in [0.717, 1.165) is 44.1 Å². The highest BCUT2D eigenvalue weighted by Crippen LogP contribution is 2.15. The summed E-state index contributed by atoms with van der Waals surface area (Å²) >= 11 is 0. The molecular formula is C20H29N5O3. The summed E-state index contributed by atoms with van der Waals surface area (Å²) in [6.07, 6.45) is 2.84. The Morgan fingerprint density at radius 1 is 1.18 bits per heavy atom. The molecule has 0 unspecified atom stereocenters. The van der Waals surface area contributed by atoms with Gasteiger partial charge in [0.25, 0.3) is 5.91 Å². The Labute approximate surface area is 165 Å². The van der Waals surface area contributed by atoms with Crippen molar-refractivity contribution in [3.8, 4) is 0 Å². The Bertz CT molecular complexity index is 827. The van der Waals surface area contributed by atoms with Crippen LogP contribution in [-0.2, 0) is 9.53 Å². The molecule has 1 saturated heterocycles. The van der Waals surface area contributed by atoms with Crippen molar-refractivity contribution in [3.05, 3.63) is 35.3 Å². The molecule has 2 amide bonds. The van der Waals surface area contributed by atoms with Gasteiger partial charge in [0.15, 0.2) is 0 Å². The van der Waals surface area contributed by atoms with E-state index in [1.54, 1.807) is 0 Å². The summed E-state index contributed by atoms with van der Waals surface area (Å²) < 4.78 is 7.12. The first-order valence-corrected chi connectivity index (χ1v) is 9.85. The highest BCUT2D eigenvalue weighted by Gasteiger charge is 2.17. The van der Waals surface area contributed by atoms with E-state index >= 15 is 0 Å². The maximum Gasteiger partial charge on any atom is 0.270 e. The fourth-order valence-corrected chi connectivity index (χ4v) is 3.39. The van der Waals surface area contributed by atoms with E-state index in [2.05, 4.69) is 20.5 Å². The lowest BCUT2D eigenvalue weighted by Crippen LogP contribution is -2.41. The number of aryl methyl sites for hydroxylation is 2. The molecule has 2 aromatic rings. The van der Waals surface area contributed by atoms with Crippen molar-refractivity contribution in [1.29, 1.82) is 0 Å². The number of hydrogen-bond donors (Lipinski definition) is 2. The first-order chi connectivity index (χ1) is 13.6. The van der Waals surface area contributed by atoms with Gasteiger partial charge in [0.05, 0.1) is 18.9 Å². The van der Waals surface area contributed by atoms with Crippen LogP contribution in [0.4, 0.5) is 0 Å². The lowest BCUT2D eigenvalue weighted by molar-refractivity contribution is -0.121. The first-order valence-electron chi connectivity index (χ1n) is 9.85. The van der Waals surface area contributed by atoms with Crippen LogP contribution in [0.2, 0.25) is 0 Å². The predicted molar refractivity (Wildman–Crippen MR) is 107 cm³/mol. The number of pyridine rings is 1. The molecular weight excluding hydrogens is 358 g/mol. The Morgan fingerprint density at radius 3 is 2.75 bits per heavy atom. The number of carbonyl (C=O) groups is 2. The van der Waals surface area contributed by atoms with Gasteiger partial charge >= 0.3 is 0 Å². The van der Waals surface area contributed by atoms with Gasteiger partial charge in [-0.25, -0.2) is 4.98 Å². The number of nitrogens with one attached hydrogen (secondary N) is 2. The normalized spacial score (nSPS) is 14.9. The fraction of sp³-hybridized carbons (Fsp3) is 0.550. The fourth-order valence-electron chi connectivity index (χ4n) is 3.39. The number of fused-ring (bicyclic) bond motifs is 1. The van der Waals surface area contributed by atoms with Gasteiger partial charge in [0.2, 0.25) is 5.91 Å². The zero-order valence-electron chi connectivity index (χ0n) is 16.7. The van der Waals surface area contributed by atoms with Crippen LogP contribution in [0.1, 0.15) is 34.6 Å². The molecule has 8 heteroatoms. The Kier molecular flexibility index (Phi) is 7.00. The molecule has 1 fully saturated rings. The van der Waals surface area contributed by atoms with Gasteiger partial charge in [0, 0.05) is 45.3 Å². The van der Waals surface area contributed by atoms with Gasteiger partial charge in [-0.05, 0) is 31.9 Å². The van der Waals surface area contributed by atoms with Crippen molar-refractivity contribution in [2.75, 3.05) is 45.9 Å².